The molecule has 13 heavy (non-hydrogen) atoms. The van der Waals surface area contributed by atoms with Crippen LogP contribution < -0.4 is 5.56 Å². The fourth-order valence-electron chi connectivity index (χ4n) is 1.16. The van der Waals surface area contributed by atoms with Crippen molar-refractivity contribution in [3.05, 3.63) is 33.7 Å². The van der Waals surface area contributed by atoms with E-state index in [1.807, 2.05) is 20.8 Å². The second-order valence-corrected chi connectivity index (χ2v) is 3.97. The fraction of sp³-hybridized carbons (Fsp3) is 0.400. The van der Waals surface area contributed by atoms with Gasteiger partial charge in [-0.2, -0.15) is 5.26 Å². The minimum Gasteiger partial charge on any atom is -0.324 e. The van der Waals surface area contributed by atoms with Crippen molar-refractivity contribution in [2.75, 3.05) is 0 Å². The zero-order valence-electron chi connectivity index (χ0n) is 8.01. The molecule has 3 nitrogen and oxygen atoms in total. The van der Waals surface area contributed by atoms with Crippen LogP contribution in [0.25, 0.3) is 0 Å². The molecule has 1 aromatic heterocycles. The Bertz CT molecular complexity index is 404. The van der Waals surface area contributed by atoms with Crippen molar-refractivity contribution >= 4 is 0 Å². The van der Waals surface area contributed by atoms with E-state index in [9.17, 15) is 4.79 Å². The molecule has 0 unspecified atom stereocenters. The Morgan fingerprint density at radius 2 is 2.00 bits per heavy atom. The van der Waals surface area contributed by atoms with Gasteiger partial charge in [0.25, 0.3) is 0 Å². The first-order chi connectivity index (χ1) is 5.95. The molecule has 0 atom stereocenters. The van der Waals surface area contributed by atoms with Crippen molar-refractivity contribution in [1.82, 2.24) is 4.98 Å². The molecule has 1 rings (SSSR count). The van der Waals surface area contributed by atoms with Crippen LogP contribution in [-0.2, 0) is 5.41 Å². The lowest BCUT2D eigenvalue weighted by molar-refractivity contribution is 0.565. The van der Waals surface area contributed by atoms with Gasteiger partial charge in [-0.15, -0.1) is 0 Å². The Morgan fingerprint density at radius 1 is 1.38 bits per heavy atom. The SMILES string of the molecule is CC(C)(C)c1[nH]c(=O)ccc1C#N. The summed E-state index contributed by atoms with van der Waals surface area (Å²) in [6.07, 6.45) is 0. The maximum Gasteiger partial charge on any atom is 0.248 e. The third-order valence-corrected chi connectivity index (χ3v) is 1.79. The topological polar surface area (TPSA) is 56.6 Å². The predicted octanol–water partition coefficient (Wildman–Crippen LogP) is 1.54. The summed E-state index contributed by atoms with van der Waals surface area (Å²) in [4.78, 5) is 13.7. The summed E-state index contributed by atoms with van der Waals surface area (Å²) in [7, 11) is 0. The fourth-order valence-corrected chi connectivity index (χ4v) is 1.16. The van der Waals surface area contributed by atoms with Gasteiger partial charge in [0.2, 0.25) is 5.56 Å². The van der Waals surface area contributed by atoms with E-state index < -0.39 is 0 Å². The van der Waals surface area contributed by atoms with Gasteiger partial charge in [0.05, 0.1) is 5.56 Å². The van der Waals surface area contributed by atoms with E-state index in [1.54, 1.807) is 6.07 Å². The van der Waals surface area contributed by atoms with Gasteiger partial charge in [-0.1, -0.05) is 20.8 Å². The van der Waals surface area contributed by atoms with Gasteiger partial charge in [0, 0.05) is 17.2 Å². The molecule has 0 saturated heterocycles. The maximum atomic E-state index is 11.0. The van der Waals surface area contributed by atoms with Crippen LogP contribution in [0.1, 0.15) is 32.0 Å². The highest BCUT2D eigenvalue weighted by molar-refractivity contribution is 5.36. The molecule has 0 bridgehead atoms. The lowest BCUT2D eigenvalue weighted by Crippen LogP contribution is -2.20. The van der Waals surface area contributed by atoms with Crippen LogP contribution in [0.3, 0.4) is 0 Å². The number of aromatic nitrogens is 1. The van der Waals surface area contributed by atoms with Gasteiger partial charge in [0.1, 0.15) is 6.07 Å². The number of rotatable bonds is 0. The summed E-state index contributed by atoms with van der Waals surface area (Å²) in [5.74, 6) is 0. The Balaban J connectivity index is 3.44. The summed E-state index contributed by atoms with van der Waals surface area (Å²) in [5, 5.41) is 8.80. The van der Waals surface area contributed by atoms with E-state index >= 15 is 0 Å². The van der Waals surface area contributed by atoms with E-state index in [0.717, 1.165) is 0 Å². The number of hydrogen-bond donors (Lipinski definition) is 1. The molecule has 1 N–H and O–H groups in total. The second-order valence-electron chi connectivity index (χ2n) is 3.97. The number of nitrogens with zero attached hydrogens (tertiary/aromatic N) is 1. The van der Waals surface area contributed by atoms with Crippen LogP contribution >= 0.6 is 0 Å². The van der Waals surface area contributed by atoms with Crippen LogP contribution in [0.4, 0.5) is 0 Å². The van der Waals surface area contributed by atoms with Crippen LogP contribution in [0.5, 0.6) is 0 Å². The van der Waals surface area contributed by atoms with Crippen molar-refractivity contribution in [3.63, 3.8) is 0 Å². The molecular weight excluding hydrogens is 164 g/mol. The average Bonchev–Trinajstić information content (AvgIpc) is 2.03. The molecule has 0 aliphatic rings. The average molecular weight is 176 g/mol. The Morgan fingerprint density at radius 3 is 2.46 bits per heavy atom. The zero-order chi connectivity index (χ0) is 10.1. The molecule has 0 saturated carbocycles. The van der Waals surface area contributed by atoms with Gasteiger partial charge < -0.3 is 4.98 Å². The first-order valence-corrected chi connectivity index (χ1v) is 4.09. The minimum atomic E-state index is -0.203. The van der Waals surface area contributed by atoms with Crippen molar-refractivity contribution in [2.45, 2.75) is 26.2 Å². The molecule has 0 aromatic carbocycles. The summed E-state index contributed by atoms with van der Waals surface area (Å²) in [6.45, 7) is 5.87. The molecule has 0 amide bonds. The summed E-state index contributed by atoms with van der Waals surface area (Å²) >= 11 is 0. The van der Waals surface area contributed by atoms with Crippen molar-refractivity contribution in [3.8, 4) is 6.07 Å². The van der Waals surface area contributed by atoms with E-state index in [4.69, 9.17) is 5.26 Å². The van der Waals surface area contributed by atoms with E-state index in [-0.39, 0.29) is 11.0 Å². The molecule has 1 heterocycles. The van der Waals surface area contributed by atoms with Gasteiger partial charge in [-0.25, -0.2) is 0 Å². The quantitative estimate of drug-likeness (QED) is 0.652. The monoisotopic (exact) mass is 176 g/mol. The van der Waals surface area contributed by atoms with Crippen LogP contribution in [0, 0.1) is 11.3 Å². The van der Waals surface area contributed by atoms with Crippen molar-refractivity contribution in [2.24, 2.45) is 0 Å². The maximum absolute atomic E-state index is 11.0. The van der Waals surface area contributed by atoms with Crippen LogP contribution in [-0.4, -0.2) is 4.98 Å². The first-order valence-electron chi connectivity index (χ1n) is 4.09. The molecule has 0 spiro atoms. The van der Waals surface area contributed by atoms with Crippen LogP contribution in [0.15, 0.2) is 16.9 Å². The molecule has 0 fully saturated rings. The number of H-pyrrole nitrogens is 1. The van der Waals surface area contributed by atoms with Gasteiger partial charge >= 0.3 is 0 Å². The summed E-state index contributed by atoms with van der Waals surface area (Å²) in [6, 6.07) is 4.98. The molecule has 68 valence electrons. The molecule has 0 aliphatic heterocycles. The van der Waals surface area contributed by atoms with Gasteiger partial charge in [-0.3, -0.25) is 4.79 Å². The number of nitriles is 1. The van der Waals surface area contributed by atoms with E-state index in [1.165, 1.54) is 6.07 Å². The predicted molar refractivity (Wildman–Crippen MR) is 50.5 cm³/mol. The molecular formula is C10H12N2O. The Kier molecular flexibility index (Phi) is 2.24. The van der Waals surface area contributed by atoms with Gasteiger partial charge in [0.15, 0.2) is 0 Å². The van der Waals surface area contributed by atoms with Crippen LogP contribution in [0.2, 0.25) is 0 Å². The summed E-state index contributed by atoms with van der Waals surface area (Å²) < 4.78 is 0. The molecule has 0 aliphatic carbocycles. The van der Waals surface area contributed by atoms with Crippen molar-refractivity contribution in [1.29, 1.82) is 5.26 Å². The molecule has 3 heteroatoms. The number of nitrogens with one attached hydrogen (secondary N) is 1. The number of hydrogen-bond acceptors (Lipinski definition) is 2. The Hall–Kier alpha value is -1.56. The molecule has 1 aromatic rings. The third-order valence-electron chi connectivity index (χ3n) is 1.79. The highest BCUT2D eigenvalue weighted by Crippen LogP contribution is 2.21. The second kappa shape index (κ2) is 3.06. The standard InChI is InChI=1S/C10H12N2O/c1-10(2,3)9-7(6-11)4-5-8(13)12-9/h4-5H,1-3H3,(H,12,13). The highest BCUT2D eigenvalue weighted by atomic mass is 16.1. The summed E-state index contributed by atoms with van der Waals surface area (Å²) in [5.41, 5.74) is 0.865. The number of aromatic amines is 1. The normalized spacial score (nSPS) is 10.9. The van der Waals surface area contributed by atoms with Crippen molar-refractivity contribution < 1.29 is 0 Å². The van der Waals surface area contributed by atoms with E-state index in [0.29, 0.717) is 11.3 Å². The Labute approximate surface area is 77.0 Å². The highest BCUT2D eigenvalue weighted by Gasteiger charge is 2.18. The lowest BCUT2D eigenvalue weighted by atomic mass is 9.89. The zero-order valence-corrected chi connectivity index (χ0v) is 8.01. The molecule has 0 radical (unpaired) electrons. The van der Waals surface area contributed by atoms with E-state index in [2.05, 4.69) is 11.1 Å². The lowest BCUT2D eigenvalue weighted by Gasteiger charge is -2.19. The van der Waals surface area contributed by atoms with Gasteiger partial charge in [-0.05, 0) is 6.07 Å². The minimum absolute atomic E-state index is 0.163. The number of pyridine rings is 1. The smallest absolute Gasteiger partial charge is 0.248 e. The third kappa shape index (κ3) is 1.97. The first kappa shape index (κ1) is 9.53. The largest absolute Gasteiger partial charge is 0.324 e.